The molecule has 0 spiro atoms. The molecule has 98 valence electrons. The highest BCUT2D eigenvalue weighted by Gasteiger charge is 2.33. The second-order valence-corrected chi connectivity index (χ2v) is 4.66. The van der Waals surface area contributed by atoms with Gasteiger partial charge >= 0.3 is 5.97 Å². The van der Waals surface area contributed by atoms with Gasteiger partial charge in [-0.3, -0.25) is 9.48 Å². The van der Waals surface area contributed by atoms with Gasteiger partial charge in [-0.15, -0.1) is 0 Å². The van der Waals surface area contributed by atoms with Gasteiger partial charge in [0.25, 0.3) is 0 Å². The summed E-state index contributed by atoms with van der Waals surface area (Å²) in [5, 5.41) is 13.2. The van der Waals surface area contributed by atoms with Gasteiger partial charge in [-0.05, 0) is 25.8 Å². The summed E-state index contributed by atoms with van der Waals surface area (Å²) in [6.07, 6.45) is 1.51. The predicted molar refractivity (Wildman–Crippen MR) is 64.0 cm³/mol. The molecule has 6 nitrogen and oxygen atoms in total. The van der Waals surface area contributed by atoms with Crippen LogP contribution in [0.2, 0.25) is 0 Å². The van der Waals surface area contributed by atoms with E-state index < -0.39 is 12.0 Å². The molecule has 18 heavy (non-hydrogen) atoms. The van der Waals surface area contributed by atoms with Crippen LogP contribution in [-0.2, 0) is 23.1 Å². The lowest BCUT2D eigenvalue weighted by atomic mass is 10.2. The topological polar surface area (TPSA) is 75.4 Å². The van der Waals surface area contributed by atoms with E-state index in [0.29, 0.717) is 13.0 Å². The monoisotopic (exact) mass is 251 g/mol. The van der Waals surface area contributed by atoms with Crippen LogP contribution in [0.15, 0.2) is 6.07 Å². The molecule has 0 bridgehead atoms. The fraction of sp³-hybridized carbons (Fsp3) is 0.583. The van der Waals surface area contributed by atoms with E-state index in [-0.39, 0.29) is 12.3 Å². The number of nitrogens with zero attached hydrogens (tertiary/aromatic N) is 3. The van der Waals surface area contributed by atoms with E-state index in [9.17, 15) is 9.59 Å². The molecule has 0 aromatic carbocycles. The van der Waals surface area contributed by atoms with E-state index in [1.165, 1.54) is 4.90 Å². The Morgan fingerprint density at radius 1 is 1.56 bits per heavy atom. The van der Waals surface area contributed by atoms with Crippen LogP contribution in [0.5, 0.6) is 0 Å². The normalized spacial score (nSPS) is 19.2. The fourth-order valence-corrected chi connectivity index (χ4v) is 2.41. The number of hydrogen-bond donors (Lipinski definition) is 1. The van der Waals surface area contributed by atoms with Gasteiger partial charge in [0.05, 0.1) is 12.1 Å². The minimum atomic E-state index is -0.915. The van der Waals surface area contributed by atoms with Crippen molar-refractivity contribution in [2.24, 2.45) is 7.05 Å². The second kappa shape index (κ2) is 4.80. The molecule has 0 aliphatic carbocycles. The smallest absolute Gasteiger partial charge is 0.326 e. The van der Waals surface area contributed by atoms with Crippen molar-refractivity contribution >= 4 is 11.9 Å². The van der Waals surface area contributed by atoms with Gasteiger partial charge in [0.2, 0.25) is 5.91 Å². The fourth-order valence-electron chi connectivity index (χ4n) is 2.41. The number of amides is 1. The van der Waals surface area contributed by atoms with Crippen LogP contribution in [0.3, 0.4) is 0 Å². The number of carboxylic acids is 1. The first-order chi connectivity index (χ1) is 8.49. The van der Waals surface area contributed by atoms with E-state index in [1.54, 1.807) is 11.7 Å². The third-order valence-electron chi connectivity index (χ3n) is 3.29. The summed E-state index contributed by atoms with van der Waals surface area (Å²) in [4.78, 5) is 24.6. The Morgan fingerprint density at radius 2 is 2.28 bits per heavy atom. The standard InChI is InChI=1S/C12H17N3O3/c1-8-6-9(14(2)13-8)7-11(16)15-5-3-4-10(15)12(17)18/h6,10H,3-5,7H2,1-2H3,(H,17,18)/t10-/m0/s1. The molecule has 2 heterocycles. The molecule has 1 saturated heterocycles. The van der Waals surface area contributed by atoms with Crippen LogP contribution >= 0.6 is 0 Å². The highest BCUT2D eigenvalue weighted by atomic mass is 16.4. The van der Waals surface area contributed by atoms with Gasteiger partial charge in [0.1, 0.15) is 6.04 Å². The summed E-state index contributed by atoms with van der Waals surface area (Å²) in [7, 11) is 1.79. The van der Waals surface area contributed by atoms with E-state index in [0.717, 1.165) is 17.8 Å². The van der Waals surface area contributed by atoms with Crippen molar-refractivity contribution in [3.63, 3.8) is 0 Å². The molecule has 0 saturated carbocycles. The van der Waals surface area contributed by atoms with Crippen LogP contribution in [0.4, 0.5) is 0 Å². The number of hydrogen-bond acceptors (Lipinski definition) is 3. The predicted octanol–water partition coefficient (Wildman–Crippen LogP) is 0.347. The number of aryl methyl sites for hydroxylation is 2. The zero-order valence-electron chi connectivity index (χ0n) is 10.6. The number of carbonyl (C=O) groups is 2. The average Bonchev–Trinajstić information content (AvgIpc) is 2.86. The van der Waals surface area contributed by atoms with Crippen molar-refractivity contribution in [1.29, 1.82) is 0 Å². The lowest BCUT2D eigenvalue weighted by molar-refractivity contribution is -0.148. The SMILES string of the molecule is Cc1cc(CC(=O)N2CCC[C@H]2C(=O)O)n(C)n1. The van der Waals surface area contributed by atoms with Crippen molar-refractivity contribution in [1.82, 2.24) is 14.7 Å². The molecule has 6 heteroatoms. The second-order valence-electron chi connectivity index (χ2n) is 4.66. The highest BCUT2D eigenvalue weighted by molar-refractivity contribution is 5.85. The summed E-state index contributed by atoms with van der Waals surface area (Å²) in [5.74, 6) is -1.05. The lowest BCUT2D eigenvalue weighted by Gasteiger charge is -2.21. The molecule has 2 rings (SSSR count). The highest BCUT2D eigenvalue weighted by Crippen LogP contribution is 2.19. The number of aliphatic carboxylic acids is 1. The quantitative estimate of drug-likeness (QED) is 0.841. The molecule has 0 unspecified atom stereocenters. The van der Waals surface area contributed by atoms with Crippen LogP contribution < -0.4 is 0 Å². The number of aromatic nitrogens is 2. The molecular weight excluding hydrogens is 234 g/mol. The molecule has 1 aliphatic heterocycles. The first kappa shape index (κ1) is 12.6. The van der Waals surface area contributed by atoms with Crippen LogP contribution in [0, 0.1) is 6.92 Å². The third-order valence-corrected chi connectivity index (χ3v) is 3.29. The van der Waals surface area contributed by atoms with Crippen molar-refractivity contribution in [3.8, 4) is 0 Å². The Balaban J connectivity index is 2.08. The molecule has 1 aromatic heterocycles. The molecule has 1 aromatic rings. The number of rotatable bonds is 3. The molecule has 1 aliphatic rings. The third kappa shape index (κ3) is 2.37. The van der Waals surface area contributed by atoms with Gasteiger partial charge in [-0.1, -0.05) is 0 Å². The van der Waals surface area contributed by atoms with E-state index >= 15 is 0 Å². The van der Waals surface area contributed by atoms with E-state index in [2.05, 4.69) is 5.10 Å². The number of likely N-dealkylation sites (tertiary alicyclic amines) is 1. The Morgan fingerprint density at radius 3 is 2.83 bits per heavy atom. The zero-order valence-corrected chi connectivity index (χ0v) is 10.6. The Kier molecular flexibility index (Phi) is 3.36. The Hall–Kier alpha value is -1.85. The van der Waals surface area contributed by atoms with Crippen molar-refractivity contribution in [3.05, 3.63) is 17.5 Å². The van der Waals surface area contributed by atoms with Gasteiger partial charge in [0, 0.05) is 19.3 Å². The van der Waals surface area contributed by atoms with Crippen LogP contribution in [-0.4, -0.2) is 44.3 Å². The van der Waals surface area contributed by atoms with Crippen molar-refractivity contribution < 1.29 is 14.7 Å². The first-order valence-corrected chi connectivity index (χ1v) is 6.01. The zero-order chi connectivity index (χ0) is 13.3. The average molecular weight is 251 g/mol. The summed E-state index contributed by atoms with van der Waals surface area (Å²) in [6.45, 7) is 2.40. The minimum Gasteiger partial charge on any atom is -0.480 e. The first-order valence-electron chi connectivity index (χ1n) is 6.01. The molecule has 1 amide bonds. The summed E-state index contributed by atoms with van der Waals surface area (Å²) in [5.41, 5.74) is 1.67. The van der Waals surface area contributed by atoms with E-state index in [1.807, 2.05) is 13.0 Å². The molecule has 1 atom stereocenters. The molecule has 1 N–H and O–H groups in total. The summed E-state index contributed by atoms with van der Waals surface area (Å²) >= 11 is 0. The van der Waals surface area contributed by atoms with Crippen LogP contribution in [0.25, 0.3) is 0 Å². The van der Waals surface area contributed by atoms with Crippen molar-refractivity contribution in [2.75, 3.05) is 6.54 Å². The van der Waals surface area contributed by atoms with Gasteiger partial charge in [0.15, 0.2) is 0 Å². The van der Waals surface area contributed by atoms with Crippen LogP contribution in [0.1, 0.15) is 24.2 Å². The largest absolute Gasteiger partial charge is 0.480 e. The summed E-state index contributed by atoms with van der Waals surface area (Å²) < 4.78 is 1.67. The maximum Gasteiger partial charge on any atom is 0.326 e. The lowest BCUT2D eigenvalue weighted by Crippen LogP contribution is -2.41. The maximum absolute atomic E-state index is 12.1. The van der Waals surface area contributed by atoms with Crippen molar-refractivity contribution in [2.45, 2.75) is 32.2 Å². The summed E-state index contributed by atoms with van der Waals surface area (Å²) in [6, 6.07) is 1.19. The minimum absolute atomic E-state index is 0.136. The number of carboxylic acid groups (broad SMARTS) is 1. The Bertz CT molecular complexity index is 481. The van der Waals surface area contributed by atoms with Gasteiger partial charge in [-0.2, -0.15) is 5.10 Å². The molecular formula is C12H17N3O3. The Labute approximate surface area is 105 Å². The molecule has 0 radical (unpaired) electrons. The maximum atomic E-state index is 12.1. The molecule has 1 fully saturated rings. The van der Waals surface area contributed by atoms with Gasteiger partial charge in [-0.25, -0.2) is 4.79 Å². The van der Waals surface area contributed by atoms with E-state index in [4.69, 9.17) is 5.11 Å². The number of carbonyl (C=O) groups excluding carboxylic acids is 1. The van der Waals surface area contributed by atoms with Gasteiger partial charge < -0.3 is 10.0 Å².